The van der Waals surface area contributed by atoms with Gasteiger partial charge in [0.15, 0.2) is 0 Å². The normalized spacial score (nSPS) is 11.9. The summed E-state index contributed by atoms with van der Waals surface area (Å²) in [7, 11) is 0. The van der Waals surface area contributed by atoms with E-state index in [1.165, 1.54) is 6.07 Å². The Labute approximate surface area is 122 Å². The van der Waals surface area contributed by atoms with E-state index in [1.54, 1.807) is 6.07 Å². The molecule has 0 bridgehead atoms. The van der Waals surface area contributed by atoms with Crippen molar-refractivity contribution in [1.82, 2.24) is 5.32 Å². The molecular formula is C14H21BrN2O2. The summed E-state index contributed by atoms with van der Waals surface area (Å²) in [6.45, 7) is 10.3. The molecule has 5 heteroatoms. The maximum Gasteiger partial charge on any atom is 0.283 e. The number of hydrogen-bond donors (Lipinski definition) is 1. The van der Waals surface area contributed by atoms with Crippen LogP contribution >= 0.6 is 15.9 Å². The summed E-state index contributed by atoms with van der Waals surface area (Å²) in [5.74, 6) is 0.577. The first-order chi connectivity index (χ1) is 8.75. The van der Waals surface area contributed by atoms with Crippen LogP contribution < -0.4 is 5.32 Å². The van der Waals surface area contributed by atoms with Gasteiger partial charge in [-0.2, -0.15) is 0 Å². The molecule has 0 amide bonds. The maximum atomic E-state index is 10.9. The lowest BCUT2D eigenvalue weighted by molar-refractivity contribution is -0.385. The molecule has 1 rings (SSSR count). The zero-order valence-electron chi connectivity index (χ0n) is 11.9. The molecule has 106 valence electrons. The predicted molar refractivity (Wildman–Crippen MR) is 81.1 cm³/mol. The monoisotopic (exact) mass is 328 g/mol. The molecule has 0 aliphatic heterocycles. The van der Waals surface area contributed by atoms with Gasteiger partial charge in [0.25, 0.3) is 5.69 Å². The van der Waals surface area contributed by atoms with E-state index in [0.717, 1.165) is 12.1 Å². The van der Waals surface area contributed by atoms with Crippen molar-refractivity contribution in [2.24, 2.45) is 11.3 Å². The first kappa shape index (κ1) is 16.1. The van der Waals surface area contributed by atoms with Crippen LogP contribution in [0.25, 0.3) is 0 Å². The SMILES string of the molecule is CC(C)C(C)(C)CNCc1cccc([N+](=O)[O-])c1Br. The van der Waals surface area contributed by atoms with E-state index in [1.807, 2.05) is 6.07 Å². The van der Waals surface area contributed by atoms with Gasteiger partial charge in [0.1, 0.15) is 0 Å². The van der Waals surface area contributed by atoms with Crippen LogP contribution in [0.1, 0.15) is 33.3 Å². The second-order valence-electron chi connectivity index (χ2n) is 5.75. The van der Waals surface area contributed by atoms with E-state index in [4.69, 9.17) is 0 Å². The molecule has 1 aromatic rings. The Kier molecular flexibility index (Phi) is 5.50. The third-order valence-electron chi connectivity index (χ3n) is 3.71. The summed E-state index contributed by atoms with van der Waals surface area (Å²) >= 11 is 3.31. The standard InChI is InChI=1S/C14H21BrN2O2/c1-10(2)14(3,4)9-16-8-11-6-5-7-12(13(11)15)17(18)19/h5-7,10,16H,8-9H2,1-4H3. The smallest absolute Gasteiger partial charge is 0.283 e. The Balaban J connectivity index is 2.69. The lowest BCUT2D eigenvalue weighted by atomic mass is 9.81. The molecule has 0 aliphatic carbocycles. The number of benzene rings is 1. The molecule has 19 heavy (non-hydrogen) atoms. The average Bonchev–Trinajstić information content (AvgIpc) is 2.30. The van der Waals surface area contributed by atoms with E-state index in [-0.39, 0.29) is 16.0 Å². The van der Waals surface area contributed by atoms with Crippen LogP contribution in [0.15, 0.2) is 22.7 Å². The second kappa shape index (κ2) is 6.48. The molecule has 0 unspecified atom stereocenters. The van der Waals surface area contributed by atoms with E-state index in [0.29, 0.717) is 16.9 Å². The van der Waals surface area contributed by atoms with E-state index in [2.05, 4.69) is 48.9 Å². The number of hydrogen-bond acceptors (Lipinski definition) is 3. The highest BCUT2D eigenvalue weighted by Crippen LogP contribution is 2.29. The summed E-state index contributed by atoms with van der Waals surface area (Å²) in [5, 5.41) is 14.2. The lowest BCUT2D eigenvalue weighted by Gasteiger charge is -2.29. The summed E-state index contributed by atoms with van der Waals surface area (Å²) in [5.41, 5.74) is 1.23. The van der Waals surface area contributed by atoms with Gasteiger partial charge in [-0.15, -0.1) is 0 Å². The van der Waals surface area contributed by atoms with Crippen molar-refractivity contribution in [2.45, 2.75) is 34.2 Å². The molecule has 0 radical (unpaired) electrons. The van der Waals surface area contributed by atoms with Gasteiger partial charge >= 0.3 is 0 Å². The van der Waals surface area contributed by atoms with Crippen molar-refractivity contribution >= 4 is 21.6 Å². The molecule has 0 saturated heterocycles. The average molecular weight is 329 g/mol. The van der Waals surface area contributed by atoms with Crippen LogP contribution in [0.4, 0.5) is 5.69 Å². The minimum Gasteiger partial charge on any atom is -0.312 e. The lowest BCUT2D eigenvalue weighted by Crippen LogP contribution is -2.33. The largest absolute Gasteiger partial charge is 0.312 e. The number of nitrogens with zero attached hydrogens (tertiary/aromatic N) is 1. The Morgan fingerprint density at radius 3 is 2.58 bits per heavy atom. The molecule has 1 aromatic carbocycles. The molecule has 0 aromatic heterocycles. The van der Waals surface area contributed by atoms with Crippen molar-refractivity contribution < 1.29 is 4.92 Å². The Hall–Kier alpha value is -0.940. The minimum absolute atomic E-state index is 0.113. The number of nitrogens with one attached hydrogen (secondary N) is 1. The molecule has 1 N–H and O–H groups in total. The van der Waals surface area contributed by atoms with Crippen LogP contribution in [-0.2, 0) is 6.54 Å². The van der Waals surface area contributed by atoms with Crippen molar-refractivity contribution in [3.05, 3.63) is 38.3 Å². The highest BCUT2D eigenvalue weighted by atomic mass is 79.9. The number of halogens is 1. The summed E-state index contributed by atoms with van der Waals surface area (Å²) in [6.07, 6.45) is 0. The van der Waals surface area contributed by atoms with Gasteiger partial charge in [-0.25, -0.2) is 0 Å². The molecule has 0 atom stereocenters. The zero-order chi connectivity index (χ0) is 14.6. The van der Waals surface area contributed by atoms with Crippen molar-refractivity contribution in [1.29, 1.82) is 0 Å². The quantitative estimate of drug-likeness (QED) is 0.631. The Bertz CT molecular complexity index is 459. The van der Waals surface area contributed by atoms with Gasteiger partial charge in [0, 0.05) is 19.2 Å². The summed E-state index contributed by atoms with van der Waals surface area (Å²) < 4.78 is 0.565. The van der Waals surface area contributed by atoms with Crippen LogP contribution in [0.5, 0.6) is 0 Å². The third-order valence-corrected chi connectivity index (χ3v) is 4.63. The van der Waals surface area contributed by atoms with Gasteiger partial charge in [0.05, 0.1) is 9.40 Å². The fourth-order valence-corrected chi connectivity index (χ4v) is 2.12. The van der Waals surface area contributed by atoms with Crippen LogP contribution in [-0.4, -0.2) is 11.5 Å². The molecular weight excluding hydrogens is 308 g/mol. The van der Waals surface area contributed by atoms with Gasteiger partial charge in [-0.05, 0) is 32.8 Å². The maximum absolute atomic E-state index is 10.9. The number of nitro groups is 1. The number of rotatable bonds is 6. The third kappa shape index (κ3) is 4.28. The van der Waals surface area contributed by atoms with Crippen LogP contribution in [0.2, 0.25) is 0 Å². The van der Waals surface area contributed by atoms with Gasteiger partial charge in [-0.1, -0.05) is 39.8 Å². The van der Waals surface area contributed by atoms with Crippen molar-refractivity contribution in [2.75, 3.05) is 6.54 Å². The highest BCUT2D eigenvalue weighted by Gasteiger charge is 2.22. The Morgan fingerprint density at radius 1 is 1.42 bits per heavy atom. The first-order valence-electron chi connectivity index (χ1n) is 6.38. The van der Waals surface area contributed by atoms with Crippen molar-refractivity contribution in [3.8, 4) is 0 Å². The molecule has 0 spiro atoms. The summed E-state index contributed by atoms with van der Waals surface area (Å²) in [4.78, 5) is 10.5. The second-order valence-corrected chi connectivity index (χ2v) is 6.55. The van der Waals surface area contributed by atoms with E-state index < -0.39 is 0 Å². The van der Waals surface area contributed by atoms with Crippen molar-refractivity contribution in [3.63, 3.8) is 0 Å². The molecule has 0 fully saturated rings. The van der Waals surface area contributed by atoms with Crippen LogP contribution in [0, 0.1) is 21.4 Å². The summed E-state index contributed by atoms with van der Waals surface area (Å²) in [6, 6.07) is 5.12. The molecule has 0 heterocycles. The zero-order valence-corrected chi connectivity index (χ0v) is 13.5. The Morgan fingerprint density at radius 2 is 2.05 bits per heavy atom. The minimum atomic E-state index is -0.369. The molecule has 4 nitrogen and oxygen atoms in total. The van der Waals surface area contributed by atoms with Gasteiger partial charge < -0.3 is 5.32 Å². The molecule has 0 saturated carbocycles. The van der Waals surface area contributed by atoms with Gasteiger partial charge in [-0.3, -0.25) is 10.1 Å². The first-order valence-corrected chi connectivity index (χ1v) is 7.17. The number of nitro benzene ring substituents is 1. The van der Waals surface area contributed by atoms with Gasteiger partial charge in [0.2, 0.25) is 0 Å². The highest BCUT2D eigenvalue weighted by molar-refractivity contribution is 9.10. The van der Waals surface area contributed by atoms with E-state index >= 15 is 0 Å². The fourth-order valence-electron chi connectivity index (χ4n) is 1.57. The van der Waals surface area contributed by atoms with E-state index in [9.17, 15) is 10.1 Å². The molecule has 0 aliphatic rings. The topological polar surface area (TPSA) is 55.2 Å². The predicted octanol–water partition coefficient (Wildman–Crippen LogP) is 4.13. The van der Waals surface area contributed by atoms with Crippen LogP contribution in [0.3, 0.4) is 0 Å². The fraction of sp³-hybridized carbons (Fsp3) is 0.571.